The molecule has 1 aromatic heterocycles. The summed E-state index contributed by atoms with van der Waals surface area (Å²) in [6.07, 6.45) is 1.46. The van der Waals surface area contributed by atoms with Gasteiger partial charge in [0.25, 0.3) is 5.55 Å². The van der Waals surface area contributed by atoms with E-state index in [4.69, 9.17) is 5.41 Å². The Kier molecular flexibility index (Phi) is 2.14. The number of hydrogen-bond acceptors (Lipinski definition) is 2. The van der Waals surface area contributed by atoms with Gasteiger partial charge in [-0.05, 0) is 24.3 Å². The number of aromatic nitrogens is 2. The van der Waals surface area contributed by atoms with E-state index in [0.29, 0.717) is 6.54 Å². The van der Waals surface area contributed by atoms with Crippen LogP contribution in [0.25, 0.3) is 0 Å². The van der Waals surface area contributed by atoms with Crippen LogP contribution in [0.15, 0.2) is 35.0 Å². The Balaban J connectivity index is 2.19. The van der Waals surface area contributed by atoms with Crippen molar-refractivity contribution < 1.29 is 13.6 Å². The average molecular weight is 193 g/mol. The van der Waals surface area contributed by atoms with Gasteiger partial charge in [-0.1, -0.05) is 0 Å². The molecule has 1 N–H and O–H groups in total. The third-order valence-electron chi connectivity index (χ3n) is 1.77. The molecule has 14 heavy (non-hydrogen) atoms. The molecule has 4 nitrogen and oxygen atoms in total. The van der Waals surface area contributed by atoms with Crippen LogP contribution in [0.2, 0.25) is 0 Å². The molecule has 0 aliphatic rings. The molecule has 0 amide bonds. The fourth-order valence-electron chi connectivity index (χ4n) is 1.13. The van der Waals surface area contributed by atoms with E-state index in [1.54, 1.807) is 12.1 Å². The summed E-state index contributed by atoms with van der Waals surface area (Å²) in [5, 5.41) is 10.7. The summed E-state index contributed by atoms with van der Waals surface area (Å²) >= 11 is 0. The fourth-order valence-corrected chi connectivity index (χ4v) is 1.13. The molecular formula is C9H8FN3O. The van der Waals surface area contributed by atoms with Crippen LogP contribution >= 0.6 is 0 Å². The minimum absolute atomic E-state index is 0.00658. The van der Waals surface area contributed by atoms with Crippen LogP contribution in [-0.4, -0.2) is 0 Å². The Labute approximate surface area is 79.1 Å². The molecule has 5 heteroatoms. The molecule has 0 unspecified atom stereocenters. The van der Waals surface area contributed by atoms with Gasteiger partial charge in [0.1, 0.15) is 5.82 Å². The third kappa shape index (κ3) is 1.87. The van der Waals surface area contributed by atoms with Crippen LogP contribution in [0.5, 0.6) is 0 Å². The Morgan fingerprint density at radius 3 is 2.64 bits per heavy atom. The first-order valence-electron chi connectivity index (χ1n) is 4.06. The number of hydrogen-bond donors (Lipinski definition) is 1. The lowest BCUT2D eigenvalue weighted by molar-refractivity contribution is -0.760. The second kappa shape index (κ2) is 3.45. The minimum atomic E-state index is -0.264. The predicted octanol–water partition coefficient (Wildman–Crippen LogP) is 0.191. The highest BCUT2D eigenvalue weighted by Gasteiger charge is 1.99. The molecule has 2 aromatic rings. The molecule has 1 aromatic carbocycles. The quantitative estimate of drug-likeness (QED) is 0.692. The Morgan fingerprint density at radius 2 is 2.07 bits per heavy atom. The van der Waals surface area contributed by atoms with E-state index in [1.807, 2.05) is 0 Å². The summed E-state index contributed by atoms with van der Waals surface area (Å²) in [6, 6.07) is 6.11. The summed E-state index contributed by atoms with van der Waals surface area (Å²) < 4.78 is 18.6. The van der Waals surface area contributed by atoms with E-state index in [0.717, 1.165) is 5.56 Å². The first-order valence-corrected chi connectivity index (χ1v) is 4.06. The molecule has 0 fully saturated rings. The Bertz CT molecular complexity index is 471. The number of nitrogens with zero attached hydrogens (tertiary/aromatic N) is 2. The Morgan fingerprint density at radius 1 is 1.36 bits per heavy atom. The van der Waals surface area contributed by atoms with E-state index in [9.17, 15) is 4.39 Å². The maximum atomic E-state index is 12.6. The molecule has 0 aliphatic heterocycles. The minimum Gasteiger partial charge on any atom is -0.487 e. The highest BCUT2D eigenvalue weighted by atomic mass is 19.1. The fraction of sp³-hybridized carbons (Fsp3) is 0.111. The van der Waals surface area contributed by atoms with E-state index >= 15 is 0 Å². The molecule has 0 saturated carbocycles. The highest BCUT2D eigenvalue weighted by molar-refractivity contribution is 5.14. The molecule has 0 atom stereocenters. The summed E-state index contributed by atoms with van der Waals surface area (Å²) in [5.74, 6) is -0.264. The van der Waals surface area contributed by atoms with Crippen molar-refractivity contribution in [3.8, 4) is 0 Å². The molecule has 0 radical (unpaired) electrons. The zero-order chi connectivity index (χ0) is 9.97. The molecule has 0 bridgehead atoms. The van der Waals surface area contributed by atoms with Gasteiger partial charge in [-0.25, -0.2) is 9.07 Å². The maximum Gasteiger partial charge on any atom is 0.264 e. The molecule has 1 heterocycles. The van der Waals surface area contributed by atoms with Crippen molar-refractivity contribution in [2.75, 3.05) is 0 Å². The van der Waals surface area contributed by atoms with Gasteiger partial charge in [0, 0.05) is 5.56 Å². The van der Waals surface area contributed by atoms with Gasteiger partial charge < -0.3 is 4.52 Å². The number of nitrogens with one attached hydrogen (secondary N) is 1. The van der Waals surface area contributed by atoms with Gasteiger partial charge in [0.15, 0.2) is 6.54 Å². The van der Waals surface area contributed by atoms with E-state index in [2.05, 4.69) is 9.79 Å². The largest absolute Gasteiger partial charge is 0.487 e. The van der Waals surface area contributed by atoms with Crippen molar-refractivity contribution in [2.24, 2.45) is 0 Å². The summed E-state index contributed by atoms with van der Waals surface area (Å²) in [4.78, 5) is 0. The summed E-state index contributed by atoms with van der Waals surface area (Å²) in [5.41, 5.74) is 0.914. The third-order valence-corrected chi connectivity index (χ3v) is 1.77. The van der Waals surface area contributed by atoms with Crippen molar-refractivity contribution in [3.05, 3.63) is 47.4 Å². The molecule has 72 valence electrons. The van der Waals surface area contributed by atoms with Crippen LogP contribution < -0.4 is 15.5 Å². The maximum absolute atomic E-state index is 12.6. The van der Waals surface area contributed by atoms with E-state index < -0.39 is 0 Å². The van der Waals surface area contributed by atoms with Crippen molar-refractivity contribution in [1.82, 2.24) is 5.27 Å². The lowest BCUT2D eigenvalue weighted by atomic mass is 10.2. The van der Waals surface area contributed by atoms with Crippen molar-refractivity contribution in [2.45, 2.75) is 6.54 Å². The van der Waals surface area contributed by atoms with Crippen molar-refractivity contribution in [1.29, 1.82) is 5.41 Å². The van der Waals surface area contributed by atoms with Crippen LogP contribution in [0.1, 0.15) is 5.56 Å². The van der Waals surface area contributed by atoms with Crippen molar-refractivity contribution in [3.63, 3.8) is 0 Å². The van der Waals surface area contributed by atoms with Crippen LogP contribution in [0.3, 0.4) is 0 Å². The topological polar surface area (TPSA) is 55.0 Å². The van der Waals surface area contributed by atoms with Gasteiger partial charge in [-0.15, -0.1) is 0 Å². The van der Waals surface area contributed by atoms with Crippen LogP contribution in [0.4, 0.5) is 4.39 Å². The van der Waals surface area contributed by atoms with Gasteiger partial charge in [-0.3, -0.25) is 10.7 Å². The SMILES string of the molecule is N=c1c[n+](Cc2ccc(F)cc2)[n-]o1. The normalized spacial score (nSPS) is 10.4. The summed E-state index contributed by atoms with van der Waals surface area (Å²) in [7, 11) is 0. The summed E-state index contributed by atoms with van der Waals surface area (Å²) in [6.45, 7) is 0.475. The second-order valence-corrected chi connectivity index (χ2v) is 2.89. The molecule has 0 aliphatic carbocycles. The standard InChI is InChI=1S/C9H8FN3O/c10-8-3-1-7(2-4-8)5-13-6-9(11)14-12-13/h1-4,6,11H,5H2. The lowest BCUT2D eigenvalue weighted by Gasteiger charge is -1.97. The first-order chi connectivity index (χ1) is 6.74. The molecule has 2 rings (SSSR count). The zero-order valence-corrected chi connectivity index (χ0v) is 7.27. The predicted molar refractivity (Wildman–Crippen MR) is 43.6 cm³/mol. The monoisotopic (exact) mass is 193 g/mol. The number of benzene rings is 1. The van der Waals surface area contributed by atoms with Crippen LogP contribution in [-0.2, 0) is 6.54 Å². The molecule has 0 spiro atoms. The first kappa shape index (κ1) is 8.68. The Hall–Kier alpha value is -1.91. The lowest BCUT2D eigenvalue weighted by Crippen LogP contribution is -2.37. The van der Waals surface area contributed by atoms with Crippen LogP contribution in [0, 0.1) is 11.2 Å². The van der Waals surface area contributed by atoms with E-state index in [-0.39, 0.29) is 11.4 Å². The van der Waals surface area contributed by atoms with E-state index in [1.165, 1.54) is 23.0 Å². The van der Waals surface area contributed by atoms with Gasteiger partial charge in [-0.2, -0.15) is 0 Å². The molecular weight excluding hydrogens is 185 g/mol. The highest BCUT2D eigenvalue weighted by Crippen LogP contribution is 2.01. The van der Waals surface area contributed by atoms with Gasteiger partial charge in [0.05, 0.1) is 0 Å². The smallest absolute Gasteiger partial charge is 0.264 e. The number of halogens is 1. The van der Waals surface area contributed by atoms with Crippen molar-refractivity contribution >= 4 is 0 Å². The molecule has 0 saturated heterocycles. The zero-order valence-electron chi connectivity index (χ0n) is 7.27. The van der Waals surface area contributed by atoms with Gasteiger partial charge in [0.2, 0.25) is 6.20 Å². The second-order valence-electron chi connectivity index (χ2n) is 2.89. The van der Waals surface area contributed by atoms with Gasteiger partial charge >= 0.3 is 0 Å². The number of rotatable bonds is 2. The average Bonchev–Trinajstić information content (AvgIpc) is 2.56.